The van der Waals surface area contributed by atoms with E-state index < -0.39 is 0 Å². The van der Waals surface area contributed by atoms with Gasteiger partial charge in [0.15, 0.2) is 11.0 Å². The van der Waals surface area contributed by atoms with E-state index >= 15 is 0 Å². The van der Waals surface area contributed by atoms with Gasteiger partial charge in [0.05, 0.1) is 16.8 Å². The standard InChI is InChI=1S/C12H12N4OS/c1-2-10-15-11(17-16-10)7-18-12-13-8-5-3-4-6-9(8)14-12/h3-6H,2,7H2,1H3,(H,13,14). The lowest BCUT2D eigenvalue weighted by Gasteiger charge is -1.90. The van der Waals surface area contributed by atoms with Crippen LogP contribution in [0.4, 0.5) is 0 Å². The number of H-pyrrole nitrogens is 1. The Labute approximate surface area is 108 Å². The van der Waals surface area contributed by atoms with Gasteiger partial charge in [-0.05, 0) is 12.1 Å². The molecule has 0 fully saturated rings. The summed E-state index contributed by atoms with van der Waals surface area (Å²) in [6.45, 7) is 2.00. The van der Waals surface area contributed by atoms with Crippen molar-refractivity contribution in [2.45, 2.75) is 24.3 Å². The van der Waals surface area contributed by atoms with Gasteiger partial charge in [-0.1, -0.05) is 36.0 Å². The van der Waals surface area contributed by atoms with Crippen LogP contribution in [-0.4, -0.2) is 20.1 Å². The summed E-state index contributed by atoms with van der Waals surface area (Å²) in [7, 11) is 0. The highest BCUT2D eigenvalue weighted by molar-refractivity contribution is 7.98. The normalized spacial score (nSPS) is 11.2. The first-order chi connectivity index (χ1) is 8.85. The zero-order valence-electron chi connectivity index (χ0n) is 9.88. The molecular formula is C12H12N4OS. The molecule has 18 heavy (non-hydrogen) atoms. The number of nitrogens with zero attached hydrogens (tertiary/aromatic N) is 3. The maximum atomic E-state index is 5.13. The molecule has 1 N–H and O–H groups in total. The van der Waals surface area contributed by atoms with Gasteiger partial charge in [0.1, 0.15) is 0 Å². The number of fused-ring (bicyclic) bond motifs is 1. The van der Waals surface area contributed by atoms with Gasteiger partial charge < -0.3 is 9.51 Å². The Hall–Kier alpha value is -1.82. The molecule has 0 radical (unpaired) electrons. The van der Waals surface area contributed by atoms with E-state index in [1.54, 1.807) is 11.8 Å². The molecule has 0 saturated heterocycles. The number of rotatable bonds is 4. The maximum Gasteiger partial charge on any atom is 0.237 e. The Morgan fingerprint density at radius 1 is 1.28 bits per heavy atom. The lowest BCUT2D eigenvalue weighted by atomic mass is 10.3. The topological polar surface area (TPSA) is 67.6 Å². The smallest absolute Gasteiger partial charge is 0.237 e. The summed E-state index contributed by atoms with van der Waals surface area (Å²) in [6, 6.07) is 7.95. The number of hydrogen-bond donors (Lipinski definition) is 1. The number of aryl methyl sites for hydroxylation is 1. The number of imidazole rings is 1. The van der Waals surface area contributed by atoms with Crippen LogP contribution >= 0.6 is 11.8 Å². The molecule has 6 heteroatoms. The number of hydrogen-bond acceptors (Lipinski definition) is 5. The van der Waals surface area contributed by atoms with Gasteiger partial charge in [0.25, 0.3) is 0 Å². The fraction of sp³-hybridized carbons (Fsp3) is 0.250. The third-order valence-electron chi connectivity index (χ3n) is 2.53. The summed E-state index contributed by atoms with van der Waals surface area (Å²) in [5.74, 6) is 2.01. The number of nitrogens with one attached hydrogen (secondary N) is 1. The minimum absolute atomic E-state index is 0.632. The Morgan fingerprint density at radius 3 is 2.94 bits per heavy atom. The van der Waals surface area contributed by atoms with Crippen molar-refractivity contribution in [1.29, 1.82) is 0 Å². The first-order valence-electron chi connectivity index (χ1n) is 5.74. The Bertz CT molecular complexity index is 628. The molecule has 2 aromatic heterocycles. The molecule has 0 saturated carbocycles. The Morgan fingerprint density at radius 2 is 2.17 bits per heavy atom. The summed E-state index contributed by atoms with van der Waals surface area (Å²) in [5.41, 5.74) is 2.01. The van der Waals surface area contributed by atoms with Crippen LogP contribution in [-0.2, 0) is 12.2 Å². The molecule has 1 aromatic carbocycles. The van der Waals surface area contributed by atoms with E-state index in [0.29, 0.717) is 11.6 Å². The first-order valence-corrected chi connectivity index (χ1v) is 6.72. The van der Waals surface area contributed by atoms with Crippen LogP contribution in [0.5, 0.6) is 0 Å². The van der Waals surface area contributed by atoms with Gasteiger partial charge in [-0.3, -0.25) is 0 Å². The summed E-state index contributed by atoms with van der Waals surface area (Å²) in [6.07, 6.45) is 0.790. The fourth-order valence-corrected chi connectivity index (χ4v) is 2.34. The number of aromatic nitrogens is 4. The highest BCUT2D eigenvalue weighted by atomic mass is 32.2. The average molecular weight is 260 g/mol. The molecule has 2 heterocycles. The minimum Gasteiger partial charge on any atom is -0.338 e. The molecule has 0 bridgehead atoms. The predicted molar refractivity (Wildman–Crippen MR) is 69.3 cm³/mol. The zero-order valence-corrected chi connectivity index (χ0v) is 10.7. The highest BCUT2D eigenvalue weighted by Crippen LogP contribution is 2.22. The van der Waals surface area contributed by atoms with Gasteiger partial charge in [-0.25, -0.2) is 4.98 Å². The fourth-order valence-electron chi connectivity index (χ4n) is 1.62. The molecule has 0 spiro atoms. The molecule has 5 nitrogen and oxygen atoms in total. The molecule has 0 aliphatic rings. The summed E-state index contributed by atoms with van der Waals surface area (Å²) in [4.78, 5) is 12.0. The molecule has 0 unspecified atom stereocenters. The van der Waals surface area contributed by atoms with Gasteiger partial charge in [0, 0.05) is 6.42 Å². The monoisotopic (exact) mass is 260 g/mol. The second-order valence-electron chi connectivity index (χ2n) is 3.81. The van der Waals surface area contributed by atoms with E-state index in [2.05, 4.69) is 20.1 Å². The molecular weight excluding hydrogens is 248 g/mol. The van der Waals surface area contributed by atoms with Gasteiger partial charge in [0.2, 0.25) is 5.89 Å². The van der Waals surface area contributed by atoms with Crippen molar-refractivity contribution < 1.29 is 4.52 Å². The molecule has 92 valence electrons. The second-order valence-corrected chi connectivity index (χ2v) is 4.77. The van der Waals surface area contributed by atoms with Crippen molar-refractivity contribution in [2.24, 2.45) is 0 Å². The SMILES string of the molecule is CCc1noc(CSc2nc3ccccc3[nH]2)n1. The van der Waals surface area contributed by atoms with Crippen LogP contribution < -0.4 is 0 Å². The van der Waals surface area contributed by atoms with Crippen LogP contribution in [0.3, 0.4) is 0 Å². The van der Waals surface area contributed by atoms with Crippen LogP contribution in [0.1, 0.15) is 18.6 Å². The van der Waals surface area contributed by atoms with Gasteiger partial charge >= 0.3 is 0 Å². The van der Waals surface area contributed by atoms with E-state index in [0.717, 1.165) is 28.4 Å². The zero-order chi connectivity index (χ0) is 12.4. The Kier molecular flexibility index (Phi) is 3.02. The van der Waals surface area contributed by atoms with E-state index in [4.69, 9.17) is 4.52 Å². The van der Waals surface area contributed by atoms with E-state index in [9.17, 15) is 0 Å². The van der Waals surface area contributed by atoms with Crippen LogP contribution in [0.2, 0.25) is 0 Å². The number of para-hydroxylation sites is 2. The molecule has 0 amide bonds. The molecule has 0 atom stereocenters. The van der Waals surface area contributed by atoms with Crippen molar-refractivity contribution in [3.63, 3.8) is 0 Å². The van der Waals surface area contributed by atoms with Crippen molar-refractivity contribution in [1.82, 2.24) is 20.1 Å². The molecule has 0 aliphatic carbocycles. The molecule has 3 rings (SSSR count). The summed E-state index contributed by atoms with van der Waals surface area (Å²) in [5, 5.41) is 4.73. The third-order valence-corrected chi connectivity index (χ3v) is 3.38. The quantitative estimate of drug-likeness (QED) is 0.730. The summed E-state index contributed by atoms with van der Waals surface area (Å²) >= 11 is 1.56. The van der Waals surface area contributed by atoms with Crippen molar-refractivity contribution in [3.8, 4) is 0 Å². The van der Waals surface area contributed by atoms with Crippen LogP contribution in [0.15, 0.2) is 33.9 Å². The van der Waals surface area contributed by atoms with Gasteiger partial charge in [-0.15, -0.1) is 0 Å². The van der Waals surface area contributed by atoms with Crippen molar-refractivity contribution in [3.05, 3.63) is 36.0 Å². The second kappa shape index (κ2) is 4.81. The number of aromatic amines is 1. The van der Waals surface area contributed by atoms with E-state index in [1.165, 1.54) is 0 Å². The summed E-state index contributed by atoms with van der Waals surface area (Å²) < 4.78 is 5.13. The lowest BCUT2D eigenvalue weighted by molar-refractivity contribution is 0.385. The van der Waals surface area contributed by atoms with Crippen LogP contribution in [0.25, 0.3) is 11.0 Å². The van der Waals surface area contributed by atoms with Crippen molar-refractivity contribution >= 4 is 22.8 Å². The third kappa shape index (κ3) is 2.24. The predicted octanol–water partition coefficient (Wildman–Crippen LogP) is 2.80. The molecule has 3 aromatic rings. The van der Waals surface area contributed by atoms with E-state index in [1.807, 2.05) is 31.2 Å². The Balaban J connectivity index is 1.72. The minimum atomic E-state index is 0.632. The molecule has 0 aliphatic heterocycles. The van der Waals surface area contributed by atoms with Crippen molar-refractivity contribution in [2.75, 3.05) is 0 Å². The van der Waals surface area contributed by atoms with E-state index in [-0.39, 0.29) is 0 Å². The maximum absolute atomic E-state index is 5.13. The average Bonchev–Trinajstić information content (AvgIpc) is 3.02. The van der Waals surface area contributed by atoms with Crippen LogP contribution in [0, 0.1) is 0 Å². The lowest BCUT2D eigenvalue weighted by Crippen LogP contribution is -1.84. The highest BCUT2D eigenvalue weighted by Gasteiger charge is 2.07. The number of benzene rings is 1. The van der Waals surface area contributed by atoms with Gasteiger partial charge in [-0.2, -0.15) is 4.98 Å². The first kappa shape index (κ1) is 11.3. The largest absolute Gasteiger partial charge is 0.338 e. The number of thioether (sulfide) groups is 1.